The fraction of sp³-hybridized carbons (Fsp3) is 0.258. The smallest absolute Gasteiger partial charge is 0.245 e. The van der Waals surface area contributed by atoms with Gasteiger partial charge in [0.15, 0.2) is 0 Å². The molecule has 5 rings (SSSR count). The normalized spacial score (nSPS) is 12.5. The highest BCUT2D eigenvalue weighted by Crippen LogP contribution is 2.39. The number of benzene rings is 4. The van der Waals surface area contributed by atoms with Crippen LogP contribution in [0.5, 0.6) is 0 Å². The van der Waals surface area contributed by atoms with Crippen LogP contribution in [-0.4, -0.2) is 10.9 Å². The summed E-state index contributed by atoms with van der Waals surface area (Å²) in [7, 11) is 0. The Kier molecular flexibility index (Phi) is 6.55. The molecule has 4 aromatic carbocycles. The second-order valence-electron chi connectivity index (χ2n) is 9.62. The maximum atomic E-state index is 2.45. The molecule has 2 nitrogen and oxygen atoms in total. The number of hydrogen-bond donors (Lipinski definition) is 0. The highest BCUT2D eigenvalue weighted by Gasteiger charge is 2.28. The standard InChI is InChI=1S/C31H33N2.ClH/c1-20-10-7-11-26(16-20)17-32-19-33(18-28-24(5)22(3)21(2)23(4)25(28)6)30-15-9-13-27-12-8-14-29(32)31(27)30;/h7-16,19H,17-18H2,1-6H3;1H/q+1;/p-1. The lowest BCUT2D eigenvalue weighted by Gasteiger charge is -2.26. The van der Waals surface area contributed by atoms with Crippen LogP contribution in [0.2, 0.25) is 0 Å². The van der Waals surface area contributed by atoms with Gasteiger partial charge >= 0.3 is 0 Å². The fourth-order valence-corrected chi connectivity index (χ4v) is 5.32. The van der Waals surface area contributed by atoms with E-state index >= 15 is 0 Å². The van der Waals surface area contributed by atoms with Gasteiger partial charge in [-0.15, -0.1) is 0 Å². The molecule has 0 bridgehead atoms. The molecule has 0 amide bonds. The van der Waals surface area contributed by atoms with Crippen molar-refractivity contribution < 1.29 is 17.0 Å². The monoisotopic (exact) mass is 468 g/mol. The van der Waals surface area contributed by atoms with E-state index in [1.54, 1.807) is 0 Å². The lowest BCUT2D eigenvalue weighted by molar-refractivity contribution is -0.453. The molecule has 0 spiro atoms. The fourth-order valence-electron chi connectivity index (χ4n) is 5.32. The summed E-state index contributed by atoms with van der Waals surface area (Å²) in [5.74, 6) is 0. The summed E-state index contributed by atoms with van der Waals surface area (Å²) in [6, 6.07) is 22.2. The van der Waals surface area contributed by atoms with E-state index < -0.39 is 0 Å². The first-order chi connectivity index (χ1) is 15.8. The second kappa shape index (κ2) is 9.27. The molecule has 174 valence electrons. The van der Waals surface area contributed by atoms with Crippen LogP contribution < -0.4 is 17.3 Å². The van der Waals surface area contributed by atoms with Crippen LogP contribution >= 0.6 is 0 Å². The predicted molar refractivity (Wildman–Crippen MR) is 141 cm³/mol. The third-order valence-corrected chi connectivity index (χ3v) is 7.68. The van der Waals surface area contributed by atoms with Gasteiger partial charge in [0.1, 0.15) is 24.5 Å². The number of hydrogen-bond acceptors (Lipinski definition) is 1. The number of aryl methyl sites for hydroxylation is 1. The molecule has 34 heavy (non-hydrogen) atoms. The third kappa shape index (κ3) is 4.01. The van der Waals surface area contributed by atoms with E-state index in [0.717, 1.165) is 13.1 Å². The third-order valence-electron chi connectivity index (χ3n) is 7.68. The molecular formula is C31H33ClN2. The van der Waals surface area contributed by atoms with Crippen LogP contribution in [0, 0.1) is 41.5 Å². The topological polar surface area (TPSA) is 6.25 Å². The van der Waals surface area contributed by atoms with Crippen molar-refractivity contribution in [3.05, 3.63) is 105 Å². The maximum absolute atomic E-state index is 2.45. The minimum absolute atomic E-state index is 0. The zero-order chi connectivity index (χ0) is 23.3. The summed E-state index contributed by atoms with van der Waals surface area (Å²) in [4.78, 5) is 2.45. The van der Waals surface area contributed by atoms with E-state index in [1.165, 1.54) is 66.7 Å². The molecule has 1 aliphatic rings. The Morgan fingerprint density at radius 2 is 1.32 bits per heavy atom. The van der Waals surface area contributed by atoms with E-state index in [9.17, 15) is 0 Å². The Bertz CT molecular complexity index is 1400. The molecule has 1 aliphatic heterocycles. The summed E-state index contributed by atoms with van der Waals surface area (Å²) in [6.07, 6.45) is 2.32. The van der Waals surface area contributed by atoms with Gasteiger partial charge in [0, 0.05) is 0 Å². The van der Waals surface area contributed by atoms with Gasteiger partial charge in [0.2, 0.25) is 6.34 Å². The van der Waals surface area contributed by atoms with Crippen LogP contribution in [0.15, 0.2) is 60.7 Å². The number of rotatable bonds is 4. The summed E-state index contributed by atoms with van der Waals surface area (Å²) in [5.41, 5.74) is 13.7. The first-order valence-corrected chi connectivity index (χ1v) is 11.9. The van der Waals surface area contributed by atoms with E-state index in [1.807, 2.05) is 0 Å². The molecule has 0 aromatic heterocycles. The Morgan fingerprint density at radius 1 is 0.706 bits per heavy atom. The van der Waals surface area contributed by atoms with E-state index in [2.05, 4.69) is 118 Å². The van der Waals surface area contributed by atoms with Crippen LogP contribution in [-0.2, 0) is 13.1 Å². The van der Waals surface area contributed by atoms with Crippen LogP contribution in [0.1, 0.15) is 44.5 Å². The predicted octanol–water partition coefficient (Wildman–Crippen LogP) is 4.59. The molecule has 0 atom stereocenters. The summed E-state index contributed by atoms with van der Waals surface area (Å²) >= 11 is 0. The molecule has 1 heterocycles. The van der Waals surface area contributed by atoms with Crippen molar-refractivity contribution in [2.24, 2.45) is 0 Å². The van der Waals surface area contributed by atoms with E-state index in [4.69, 9.17) is 0 Å². The van der Waals surface area contributed by atoms with Gasteiger partial charge in [-0.2, -0.15) is 0 Å². The molecule has 4 aromatic rings. The van der Waals surface area contributed by atoms with Gasteiger partial charge in [-0.1, -0.05) is 54.1 Å². The minimum atomic E-state index is 0. The zero-order valence-electron chi connectivity index (χ0n) is 21.0. The highest BCUT2D eigenvalue weighted by molar-refractivity contribution is 6.06. The first-order valence-electron chi connectivity index (χ1n) is 11.9. The average Bonchev–Trinajstić information content (AvgIpc) is 2.82. The van der Waals surface area contributed by atoms with Gasteiger partial charge in [-0.05, 0) is 98.0 Å². The average molecular weight is 469 g/mol. The lowest BCUT2D eigenvalue weighted by atomic mass is 9.89. The van der Waals surface area contributed by atoms with Crippen molar-refractivity contribution >= 4 is 28.5 Å². The molecule has 3 heteroatoms. The first kappa shape index (κ1) is 24.0. The van der Waals surface area contributed by atoms with Crippen molar-refractivity contribution in [2.45, 2.75) is 54.6 Å². The minimum Gasteiger partial charge on any atom is -1.00 e. The van der Waals surface area contributed by atoms with Crippen LogP contribution in [0.3, 0.4) is 0 Å². The quantitative estimate of drug-likeness (QED) is 0.397. The van der Waals surface area contributed by atoms with Crippen molar-refractivity contribution in [3.8, 4) is 0 Å². The van der Waals surface area contributed by atoms with Gasteiger partial charge in [-0.25, -0.2) is 9.48 Å². The van der Waals surface area contributed by atoms with Gasteiger partial charge in [0.25, 0.3) is 0 Å². The van der Waals surface area contributed by atoms with Gasteiger partial charge in [-0.3, -0.25) is 0 Å². The second-order valence-corrected chi connectivity index (χ2v) is 9.62. The Hall–Kier alpha value is -3.10. The lowest BCUT2D eigenvalue weighted by Crippen LogP contribution is -3.00. The van der Waals surface area contributed by atoms with Crippen molar-refractivity contribution in [1.29, 1.82) is 0 Å². The maximum Gasteiger partial charge on any atom is 0.245 e. The summed E-state index contributed by atoms with van der Waals surface area (Å²) in [6.45, 7) is 15.2. The number of halogens is 1. The molecule has 0 saturated carbocycles. The Balaban J connectivity index is 0.00000274. The summed E-state index contributed by atoms with van der Waals surface area (Å²) < 4.78 is 2.42. The highest BCUT2D eigenvalue weighted by atomic mass is 35.5. The van der Waals surface area contributed by atoms with Crippen molar-refractivity contribution in [2.75, 3.05) is 4.90 Å². The number of anilines is 1. The molecule has 0 fully saturated rings. The largest absolute Gasteiger partial charge is 1.00 e. The molecule has 0 unspecified atom stereocenters. The van der Waals surface area contributed by atoms with Crippen molar-refractivity contribution in [1.82, 2.24) is 0 Å². The Labute approximate surface area is 210 Å². The van der Waals surface area contributed by atoms with E-state index in [0.29, 0.717) is 0 Å². The Morgan fingerprint density at radius 3 is 2.00 bits per heavy atom. The molecule has 0 saturated heterocycles. The van der Waals surface area contributed by atoms with E-state index in [-0.39, 0.29) is 12.4 Å². The molecular weight excluding hydrogens is 436 g/mol. The zero-order valence-corrected chi connectivity index (χ0v) is 21.8. The number of nitrogens with zero attached hydrogens (tertiary/aromatic N) is 2. The summed E-state index contributed by atoms with van der Waals surface area (Å²) in [5, 5.41) is 2.63. The van der Waals surface area contributed by atoms with Crippen LogP contribution in [0.4, 0.5) is 11.4 Å². The van der Waals surface area contributed by atoms with Gasteiger partial charge < -0.3 is 12.4 Å². The molecule has 0 N–H and O–H groups in total. The van der Waals surface area contributed by atoms with Gasteiger partial charge in [0.05, 0.1) is 5.39 Å². The van der Waals surface area contributed by atoms with Crippen LogP contribution in [0.25, 0.3) is 10.8 Å². The molecule has 0 aliphatic carbocycles. The SMILES string of the molecule is Cc1cccc(C[N+]2=CN(Cc3c(C)c(C)c(C)c(C)c3C)c3cccc4cccc2c34)c1.[Cl-]. The molecule has 0 radical (unpaired) electrons. The van der Waals surface area contributed by atoms with Crippen molar-refractivity contribution in [3.63, 3.8) is 0 Å².